The first-order valence-electron chi connectivity index (χ1n) is 10.2. The van der Waals surface area contributed by atoms with Crippen LogP contribution in [0.2, 0.25) is 0 Å². The predicted octanol–water partition coefficient (Wildman–Crippen LogP) is 2.31. The van der Waals surface area contributed by atoms with E-state index in [0.29, 0.717) is 12.1 Å². The number of aryl methyl sites for hydroxylation is 1. The smallest absolute Gasteiger partial charge is 0.342 e. The van der Waals surface area contributed by atoms with Gasteiger partial charge in [-0.15, -0.1) is 0 Å². The van der Waals surface area contributed by atoms with Crippen LogP contribution in [0.15, 0.2) is 60.8 Å². The summed E-state index contributed by atoms with van der Waals surface area (Å²) in [5, 5.41) is 7.18. The maximum absolute atomic E-state index is 12.8. The summed E-state index contributed by atoms with van der Waals surface area (Å²) < 4.78 is 29.9. The number of hydrogen-bond acceptors (Lipinski definition) is 6. The minimum atomic E-state index is -3.11. The Labute approximate surface area is 186 Å². The quantitative estimate of drug-likeness (QED) is 0.574. The van der Waals surface area contributed by atoms with Gasteiger partial charge in [-0.25, -0.2) is 17.9 Å². The number of esters is 1. The number of carbonyl (C=O) groups excluding carboxylic acids is 2. The molecule has 3 aromatic rings. The van der Waals surface area contributed by atoms with Crippen LogP contribution in [0.25, 0.3) is 16.9 Å². The van der Waals surface area contributed by atoms with Gasteiger partial charge in [0, 0.05) is 17.8 Å². The van der Waals surface area contributed by atoms with Crippen LogP contribution in [0.1, 0.15) is 22.3 Å². The number of hydrogen-bond donors (Lipinski definition) is 1. The van der Waals surface area contributed by atoms with Crippen molar-refractivity contribution in [3.05, 3.63) is 71.9 Å². The Morgan fingerprint density at radius 2 is 1.84 bits per heavy atom. The van der Waals surface area contributed by atoms with Crippen LogP contribution in [-0.2, 0) is 19.4 Å². The summed E-state index contributed by atoms with van der Waals surface area (Å²) in [6.45, 7) is 1.48. The molecule has 2 heterocycles. The fourth-order valence-electron chi connectivity index (χ4n) is 3.55. The Morgan fingerprint density at radius 3 is 2.50 bits per heavy atom. The molecule has 9 heteroatoms. The molecule has 1 saturated heterocycles. The molecule has 1 fully saturated rings. The third-order valence-corrected chi connectivity index (χ3v) is 6.98. The number of ether oxygens (including phenoxy) is 1. The summed E-state index contributed by atoms with van der Waals surface area (Å²) in [5.41, 5.74) is 3.30. The SMILES string of the molecule is Cc1ccc(-n2cc(C(=O)OCC(=O)NC3CCS(=O)(=O)C3)c(-c3ccccc3)n2)cc1. The van der Waals surface area contributed by atoms with E-state index in [-0.39, 0.29) is 17.1 Å². The molecule has 1 atom stereocenters. The van der Waals surface area contributed by atoms with Crippen molar-refractivity contribution in [2.24, 2.45) is 0 Å². The molecule has 1 amide bonds. The highest BCUT2D eigenvalue weighted by Crippen LogP contribution is 2.24. The van der Waals surface area contributed by atoms with Crippen LogP contribution in [0.4, 0.5) is 0 Å². The molecule has 2 aromatic carbocycles. The Morgan fingerprint density at radius 1 is 1.12 bits per heavy atom. The summed E-state index contributed by atoms with van der Waals surface area (Å²) >= 11 is 0. The summed E-state index contributed by atoms with van der Waals surface area (Å²) in [7, 11) is -3.11. The molecule has 0 bridgehead atoms. The number of aromatic nitrogens is 2. The van der Waals surface area contributed by atoms with Gasteiger partial charge in [-0.05, 0) is 25.5 Å². The second kappa shape index (κ2) is 8.96. The van der Waals surface area contributed by atoms with Gasteiger partial charge in [0.05, 0.1) is 17.2 Å². The highest BCUT2D eigenvalue weighted by molar-refractivity contribution is 7.91. The van der Waals surface area contributed by atoms with Gasteiger partial charge >= 0.3 is 5.97 Å². The average molecular weight is 454 g/mol. The topological polar surface area (TPSA) is 107 Å². The lowest BCUT2D eigenvalue weighted by atomic mass is 10.1. The molecule has 1 aliphatic rings. The molecule has 1 aliphatic heterocycles. The van der Waals surface area contributed by atoms with Crippen molar-refractivity contribution in [2.75, 3.05) is 18.1 Å². The van der Waals surface area contributed by atoms with Gasteiger partial charge in [-0.1, -0.05) is 48.0 Å². The third-order valence-electron chi connectivity index (χ3n) is 5.21. The second-order valence-electron chi connectivity index (χ2n) is 7.78. The molecule has 0 radical (unpaired) electrons. The number of amides is 1. The summed E-state index contributed by atoms with van der Waals surface area (Å²) in [6, 6.07) is 16.5. The van der Waals surface area contributed by atoms with Gasteiger partial charge in [-0.3, -0.25) is 4.79 Å². The van der Waals surface area contributed by atoms with E-state index in [0.717, 1.165) is 16.8 Å². The van der Waals surface area contributed by atoms with E-state index in [4.69, 9.17) is 4.74 Å². The lowest BCUT2D eigenvalue weighted by Gasteiger charge is -2.11. The maximum atomic E-state index is 12.8. The zero-order valence-electron chi connectivity index (χ0n) is 17.5. The van der Waals surface area contributed by atoms with Crippen molar-refractivity contribution < 1.29 is 22.7 Å². The molecule has 8 nitrogen and oxygen atoms in total. The molecule has 0 spiro atoms. The highest BCUT2D eigenvalue weighted by atomic mass is 32.2. The van der Waals surface area contributed by atoms with E-state index >= 15 is 0 Å². The van der Waals surface area contributed by atoms with E-state index in [9.17, 15) is 18.0 Å². The number of nitrogens with one attached hydrogen (secondary N) is 1. The van der Waals surface area contributed by atoms with Gasteiger partial charge in [0.25, 0.3) is 5.91 Å². The van der Waals surface area contributed by atoms with Gasteiger partial charge in [0.2, 0.25) is 0 Å². The summed E-state index contributed by atoms with van der Waals surface area (Å²) in [4.78, 5) is 25.0. The van der Waals surface area contributed by atoms with Gasteiger partial charge in [-0.2, -0.15) is 5.10 Å². The number of benzene rings is 2. The van der Waals surface area contributed by atoms with E-state index in [1.165, 1.54) is 0 Å². The van der Waals surface area contributed by atoms with Gasteiger partial charge in [0.1, 0.15) is 11.3 Å². The van der Waals surface area contributed by atoms with E-state index in [1.807, 2.05) is 61.5 Å². The molecule has 1 N–H and O–H groups in total. The van der Waals surface area contributed by atoms with Crippen molar-refractivity contribution in [3.63, 3.8) is 0 Å². The number of carbonyl (C=O) groups is 2. The van der Waals surface area contributed by atoms with E-state index in [2.05, 4.69) is 10.4 Å². The zero-order valence-corrected chi connectivity index (χ0v) is 18.3. The highest BCUT2D eigenvalue weighted by Gasteiger charge is 2.29. The van der Waals surface area contributed by atoms with Gasteiger partial charge < -0.3 is 10.1 Å². The largest absolute Gasteiger partial charge is 0.452 e. The van der Waals surface area contributed by atoms with E-state index < -0.39 is 34.4 Å². The van der Waals surface area contributed by atoms with Crippen LogP contribution in [0.5, 0.6) is 0 Å². The van der Waals surface area contributed by atoms with Crippen molar-refractivity contribution >= 4 is 21.7 Å². The number of rotatable bonds is 6. The predicted molar refractivity (Wildman–Crippen MR) is 119 cm³/mol. The molecule has 32 heavy (non-hydrogen) atoms. The molecular weight excluding hydrogens is 430 g/mol. The normalized spacial score (nSPS) is 17.1. The Kier molecular flexibility index (Phi) is 6.09. The van der Waals surface area contributed by atoms with Crippen LogP contribution >= 0.6 is 0 Å². The monoisotopic (exact) mass is 453 g/mol. The molecule has 0 aliphatic carbocycles. The lowest BCUT2D eigenvalue weighted by Crippen LogP contribution is -2.38. The molecule has 0 saturated carbocycles. The maximum Gasteiger partial charge on any atom is 0.342 e. The molecule has 1 aromatic heterocycles. The standard InChI is InChI=1S/C23H23N3O5S/c1-16-7-9-19(10-8-16)26-13-20(22(25-26)17-5-3-2-4-6-17)23(28)31-14-21(27)24-18-11-12-32(29,30)15-18/h2-10,13,18H,11-12,14-15H2,1H3,(H,24,27). The lowest BCUT2D eigenvalue weighted by molar-refractivity contribution is -0.124. The summed E-state index contributed by atoms with van der Waals surface area (Å²) in [6.07, 6.45) is 1.94. The van der Waals surface area contributed by atoms with Crippen LogP contribution < -0.4 is 5.32 Å². The van der Waals surface area contributed by atoms with Crippen LogP contribution in [0.3, 0.4) is 0 Å². The summed E-state index contributed by atoms with van der Waals surface area (Å²) in [5.74, 6) is -1.26. The average Bonchev–Trinajstić information content (AvgIpc) is 3.36. The first-order valence-corrected chi connectivity index (χ1v) is 12.0. The second-order valence-corrected chi connectivity index (χ2v) is 10.0. The fraction of sp³-hybridized carbons (Fsp3) is 0.261. The minimum absolute atomic E-state index is 0.0519. The van der Waals surface area contributed by atoms with Crippen molar-refractivity contribution in [1.29, 1.82) is 0 Å². The van der Waals surface area contributed by atoms with Crippen molar-refractivity contribution in [2.45, 2.75) is 19.4 Å². The Bertz CT molecular complexity index is 1230. The molecule has 4 rings (SSSR count). The Balaban J connectivity index is 1.51. The third kappa shape index (κ3) is 5.05. The number of sulfone groups is 1. The fourth-order valence-corrected chi connectivity index (χ4v) is 5.22. The molecule has 166 valence electrons. The number of nitrogens with zero attached hydrogens (tertiary/aromatic N) is 2. The van der Waals surface area contributed by atoms with Crippen LogP contribution in [0, 0.1) is 6.92 Å². The van der Waals surface area contributed by atoms with Crippen molar-refractivity contribution in [3.8, 4) is 16.9 Å². The molecular formula is C23H23N3O5S. The first kappa shape index (κ1) is 21.8. The van der Waals surface area contributed by atoms with Crippen LogP contribution in [-0.4, -0.2) is 54.2 Å². The zero-order chi connectivity index (χ0) is 22.7. The first-order chi connectivity index (χ1) is 15.3. The van der Waals surface area contributed by atoms with Gasteiger partial charge in [0.15, 0.2) is 16.4 Å². The van der Waals surface area contributed by atoms with Crippen molar-refractivity contribution in [1.82, 2.24) is 15.1 Å². The van der Waals surface area contributed by atoms with E-state index in [1.54, 1.807) is 10.9 Å². The molecule has 1 unspecified atom stereocenters. The minimum Gasteiger partial charge on any atom is -0.452 e. The Hall–Kier alpha value is -3.46.